The fourth-order valence-corrected chi connectivity index (χ4v) is 4.18. The second-order valence-electron chi connectivity index (χ2n) is 6.14. The average Bonchev–Trinajstić information content (AvgIpc) is 2.77. The van der Waals surface area contributed by atoms with Crippen molar-refractivity contribution in [3.05, 3.63) is 24.4 Å². The number of pyridine rings is 1. The molecule has 19 heavy (non-hydrogen) atoms. The van der Waals surface area contributed by atoms with Crippen molar-refractivity contribution < 1.29 is 0 Å². The molecule has 2 aromatic rings. The van der Waals surface area contributed by atoms with E-state index in [1.165, 1.54) is 6.42 Å². The summed E-state index contributed by atoms with van der Waals surface area (Å²) in [6.45, 7) is 4.66. The van der Waals surface area contributed by atoms with Gasteiger partial charge in [-0.15, -0.1) is 10.2 Å². The maximum atomic E-state index is 6.28. The van der Waals surface area contributed by atoms with E-state index < -0.39 is 0 Å². The Bertz CT molecular complexity index is 578. The molecular weight excluding hydrogens is 256 g/mol. The van der Waals surface area contributed by atoms with Gasteiger partial charge in [0.1, 0.15) is 0 Å². The summed E-state index contributed by atoms with van der Waals surface area (Å²) in [7, 11) is 0. The maximum absolute atomic E-state index is 6.28. The summed E-state index contributed by atoms with van der Waals surface area (Å²) in [6.07, 6.45) is 5.46. The quantitative estimate of drug-likeness (QED) is 0.916. The van der Waals surface area contributed by atoms with Gasteiger partial charge in [-0.3, -0.25) is 4.40 Å². The maximum Gasteiger partial charge on any atom is 0.195 e. The SMILES string of the molecule is CC1(C)CCC(N)C(Sc2nnc3ccccn23)C1. The smallest absolute Gasteiger partial charge is 0.195 e. The van der Waals surface area contributed by atoms with E-state index in [2.05, 4.69) is 24.0 Å². The van der Waals surface area contributed by atoms with Gasteiger partial charge in [0.15, 0.2) is 10.8 Å². The summed E-state index contributed by atoms with van der Waals surface area (Å²) in [4.78, 5) is 0. The van der Waals surface area contributed by atoms with Crippen LogP contribution in [0.15, 0.2) is 29.6 Å². The fourth-order valence-electron chi connectivity index (χ4n) is 2.71. The van der Waals surface area contributed by atoms with Crippen molar-refractivity contribution in [3.8, 4) is 0 Å². The van der Waals surface area contributed by atoms with Crippen LogP contribution >= 0.6 is 11.8 Å². The molecule has 0 aliphatic heterocycles. The second kappa shape index (κ2) is 4.80. The molecule has 3 rings (SSSR count). The summed E-state index contributed by atoms with van der Waals surface area (Å²) in [5, 5.41) is 9.87. The Hall–Kier alpha value is -1.07. The summed E-state index contributed by atoms with van der Waals surface area (Å²) in [5.74, 6) is 0. The summed E-state index contributed by atoms with van der Waals surface area (Å²) in [5.41, 5.74) is 7.56. The largest absolute Gasteiger partial charge is 0.327 e. The van der Waals surface area contributed by atoms with Gasteiger partial charge < -0.3 is 5.73 Å². The van der Waals surface area contributed by atoms with Crippen molar-refractivity contribution in [2.45, 2.75) is 49.6 Å². The van der Waals surface area contributed by atoms with Crippen LogP contribution in [0.1, 0.15) is 33.1 Å². The first-order valence-corrected chi connectivity index (χ1v) is 7.65. The molecule has 1 saturated carbocycles. The highest BCUT2D eigenvalue weighted by Gasteiger charge is 2.34. The minimum absolute atomic E-state index is 0.258. The van der Waals surface area contributed by atoms with E-state index >= 15 is 0 Å². The Morgan fingerprint density at radius 3 is 3.05 bits per heavy atom. The average molecular weight is 276 g/mol. The van der Waals surface area contributed by atoms with Crippen LogP contribution in [0, 0.1) is 5.41 Å². The van der Waals surface area contributed by atoms with Gasteiger partial charge in [0, 0.05) is 17.5 Å². The standard InChI is InChI=1S/C14H20N4S/c1-14(2)7-6-10(15)11(9-14)19-13-17-16-12-5-3-4-8-18(12)13/h3-5,8,10-11H,6-7,9,15H2,1-2H3. The van der Waals surface area contributed by atoms with Gasteiger partial charge in [0.25, 0.3) is 0 Å². The number of hydrogen-bond acceptors (Lipinski definition) is 4. The highest BCUT2D eigenvalue weighted by Crippen LogP contribution is 2.41. The molecule has 2 unspecified atom stereocenters. The molecule has 0 amide bonds. The molecule has 2 aromatic heterocycles. The number of rotatable bonds is 2. The summed E-state index contributed by atoms with van der Waals surface area (Å²) < 4.78 is 2.04. The molecule has 0 spiro atoms. The van der Waals surface area contributed by atoms with Gasteiger partial charge >= 0.3 is 0 Å². The Labute approximate surface area is 117 Å². The molecule has 2 heterocycles. The second-order valence-corrected chi connectivity index (χ2v) is 7.34. The van der Waals surface area contributed by atoms with Crippen molar-refractivity contribution >= 4 is 17.4 Å². The Morgan fingerprint density at radius 2 is 2.21 bits per heavy atom. The molecule has 1 aliphatic carbocycles. The van der Waals surface area contributed by atoms with E-state index in [0.717, 1.165) is 23.6 Å². The monoisotopic (exact) mass is 276 g/mol. The molecule has 1 aliphatic rings. The lowest BCUT2D eigenvalue weighted by atomic mass is 9.75. The number of fused-ring (bicyclic) bond motifs is 1. The van der Waals surface area contributed by atoms with Crippen LogP contribution in [0.25, 0.3) is 5.65 Å². The summed E-state index contributed by atoms with van der Waals surface area (Å²) in [6, 6.07) is 6.22. The first kappa shape index (κ1) is 12.9. The van der Waals surface area contributed by atoms with Crippen LogP contribution in [-0.4, -0.2) is 25.9 Å². The molecule has 0 aromatic carbocycles. The van der Waals surface area contributed by atoms with Gasteiger partial charge in [-0.25, -0.2) is 0 Å². The Balaban J connectivity index is 1.84. The molecule has 0 radical (unpaired) electrons. The zero-order chi connectivity index (χ0) is 13.5. The molecule has 0 bridgehead atoms. The van der Waals surface area contributed by atoms with Crippen molar-refractivity contribution in [1.82, 2.24) is 14.6 Å². The predicted octanol–water partition coefficient (Wildman–Crippen LogP) is 2.73. The van der Waals surface area contributed by atoms with Crippen molar-refractivity contribution in [2.75, 3.05) is 0 Å². The van der Waals surface area contributed by atoms with Crippen LogP contribution in [-0.2, 0) is 0 Å². The zero-order valence-corrected chi connectivity index (χ0v) is 12.2. The molecule has 0 saturated heterocycles. The van der Waals surface area contributed by atoms with Crippen molar-refractivity contribution in [2.24, 2.45) is 11.1 Å². The Morgan fingerprint density at radius 1 is 1.37 bits per heavy atom. The zero-order valence-electron chi connectivity index (χ0n) is 11.4. The molecule has 1 fully saturated rings. The predicted molar refractivity (Wildman–Crippen MR) is 78.2 cm³/mol. The highest BCUT2D eigenvalue weighted by molar-refractivity contribution is 7.99. The number of hydrogen-bond donors (Lipinski definition) is 1. The first-order chi connectivity index (χ1) is 9.05. The third kappa shape index (κ3) is 2.62. The number of nitrogens with two attached hydrogens (primary N) is 1. The normalized spacial score (nSPS) is 26.7. The first-order valence-electron chi connectivity index (χ1n) is 6.77. The molecule has 2 N–H and O–H groups in total. The fraction of sp³-hybridized carbons (Fsp3) is 0.571. The topological polar surface area (TPSA) is 56.2 Å². The minimum atomic E-state index is 0.258. The van der Waals surface area contributed by atoms with E-state index in [9.17, 15) is 0 Å². The van der Waals surface area contributed by atoms with Crippen LogP contribution in [0.2, 0.25) is 0 Å². The summed E-state index contributed by atoms with van der Waals surface area (Å²) >= 11 is 1.78. The van der Waals surface area contributed by atoms with Gasteiger partial charge in [-0.05, 0) is 36.8 Å². The lowest BCUT2D eigenvalue weighted by Gasteiger charge is -2.38. The van der Waals surface area contributed by atoms with Gasteiger partial charge in [0.05, 0.1) is 0 Å². The highest BCUT2D eigenvalue weighted by atomic mass is 32.2. The van der Waals surface area contributed by atoms with Gasteiger partial charge in [0.2, 0.25) is 0 Å². The van der Waals surface area contributed by atoms with E-state index in [-0.39, 0.29) is 6.04 Å². The van der Waals surface area contributed by atoms with E-state index in [1.807, 2.05) is 28.8 Å². The molecule has 102 valence electrons. The molecule has 2 atom stereocenters. The van der Waals surface area contributed by atoms with Crippen molar-refractivity contribution in [3.63, 3.8) is 0 Å². The van der Waals surface area contributed by atoms with Gasteiger partial charge in [-0.2, -0.15) is 0 Å². The third-order valence-corrected chi connectivity index (χ3v) is 5.23. The molecule has 5 heteroatoms. The van der Waals surface area contributed by atoms with E-state index in [4.69, 9.17) is 5.73 Å². The van der Waals surface area contributed by atoms with E-state index in [0.29, 0.717) is 10.7 Å². The number of thioether (sulfide) groups is 1. The molecule has 4 nitrogen and oxygen atoms in total. The number of nitrogens with zero attached hydrogens (tertiary/aromatic N) is 3. The van der Waals surface area contributed by atoms with Gasteiger partial charge in [-0.1, -0.05) is 31.7 Å². The lowest BCUT2D eigenvalue weighted by molar-refractivity contribution is 0.232. The van der Waals surface area contributed by atoms with Crippen LogP contribution in [0.4, 0.5) is 0 Å². The minimum Gasteiger partial charge on any atom is -0.327 e. The third-order valence-electron chi connectivity index (χ3n) is 3.92. The van der Waals surface area contributed by atoms with Crippen LogP contribution in [0.3, 0.4) is 0 Å². The lowest BCUT2D eigenvalue weighted by Crippen LogP contribution is -2.41. The molecular formula is C14H20N4S. The van der Waals surface area contributed by atoms with Crippen LogP contribution < -0.4 is 5.73 Å². The van der Waals surface area contributed by atoms with Crippen molar-refractivity contribution in [1.29, 1.82) is 0 Å². The number of aromatic nitrogens is 3. The van der Waals surface area contributed by atoms with E-state index in [1.54, 1.807) is 11.8 Å². The van der Waals surface area contributed by atoms with Crippen LogP contribution in [0.5, 0.6) is 0 Å². The Kier molecular flexibility index (Phi) is 3.27.